The van der Waals surface area contributed by atoms with E-state index in [2.05, 4.69) is 13.8 Å². The lowest BCUT2D eigenvalue weighted by molar-refractivity contribution is 0.0969. The summed E-state index contributed by atoms with van der Waals surface area (Å²) >= 11 is 0. The maximum absolute atomic E-state index is 8.47. The standard InChI is InChI=1S/C9H20O2/c1-3-9(2)8-11-7-5-4-6-10/h9-10H,3-8H2,1-2H3/t9-/m0/s1. The van der Waals surface area contributed by atoms with Gasteiger partial charge in [-0.3, -0.25) is 0 Å². The van der Waals surface area contributed by atoms with Crippen molar-refractivity contribution in [1.82, 2.24) is 0 Å². The van der Waals surface area contributed by atoms with Crippen molar-refractivity contribution >= 4 is 0 Å². The van der Waals surface area contributed by atoms with Crippen LogP contribution in [0.2, 0.25) is 0 Å². The summed E-state index contributed by atoms with van der Waals surface area (Å²) in [5.41, 5.74) is 0. The van der Waals surface area contributed by atoms with Gasteiger partial charge in [0.1, 0.15) is 0 Å². The largest absolute Gasteiger partial charge is 0.396 e. The maximum atomic E-state index is 8.47. The molecule has 0 saturated heterocycles. The minimum atomic E-state index is 0.284. The number of hydrogen-bond acceptors (Lipinski definition) is 2. The van der Waals surface area contributed by atoms with Crippen molar-refractivity contribution in [1.29, 1.82) is 0 Å². The highest BCUT2D eigenvalue weighted by molar-refractivity contribution is 4.46. The minimum Gasteiger partial charge on any atom is -0.396 e. The summed E-state index contributed by atoms with van der Waals surface area (Å²) in [5, 5.41) is 8.47. The predicted molar refractivity (Wildman–Crippen MR) is 46.6 cm³/mol. The molecular weight excluding hydrogens is 140 g/mol. The maximum Gasteiger partial charge on any atom is 0.0491 e. The Labute approximate surface area is 69.6 Å². The number of aliphatic hydroxyl groups is 1. The fourth-order valence-corrected chi connectivity index (χ4v) is 0.718. The molecule has 0 radical (unpaired) electrons. The van der Waals surface area contributed by atoms with E-state index < -0.39 is 0 Å². The Morgan fingerprint density at radius 3 is 2.64 bits per heavy atom. The Bertz CT molecular complexity index is 74.0. The molecule has 0 aliphatic carbocycles. The summed E-state index contributed by atoms with van der Waals surface area (Å²) in [5.74, 6) is 0.670. The summed E-state index contributed by atoms with van der Waals surface area (Å²) in [7, 11) is 0. The predicted octanol–water partition coefficient (Wildman–Crippen LogP) is 1.82. The van der Waals surface area contributed by atoms with Crippen molar-refractivity contribution in [3.8, 4) is 0 Å². The third kappa shape index (κ3) is 7.82. The zero-order valence-electron chi connectivity index (χ0n) is 7.68. The first-order valence-corrected chi connectivity index (χ1v) is 4.49. The van der Waals surface area contributed by atoms with Crippen molar-refractivity contribution in [2.45, 2.75) is 33.1 Å². The van der Waals surface area contributed by atoms with Crippen LogP contribution in [0.15, 0.2) is 0 Å². The van der Waals surface area contributed by atoms with Crippen molar-refractivity contribution in [2.75, 3.05) is 19.8 Å². The number of aliphatic hydroxyl groups excluding tert-OH is 1. The van der Waals surface area contributed by atoms with Gasteiger partial charge in [-0.05, 0) is 18.8 Å². The third-order valence-electron chi connectivity index (χ3n) is 1.80. The van der Waals surface area contributed by atoms with Crippen LogP contribution in [-0.2, 0) is 4.74 Å². The van der Waals surface area contributed by atoms with Crippen LogP contribution < -0.4 is 0 Å². The van der Waals surface area contributed by atoms with Crippen molar-refractivity contribution < 1.29 is 9.84 Å². The van der Waals surface area contributed by atoms with Gasteiger partial charge >= 0.3 is 0 Å². The van der Waals surface area contributed by atoms with Gasteiger partial charge in [-0.15, -0.1) is 0 Å². The molecule has 0 unspecified atom stereocenters. The Morgan fingerprint density at radius 1 is 1.36 bits per heavy atom. The van der Waals surface area contributed by atoms with Gasteiger partial charge < -0.3 is 9.84 Å². The van der Waals surface area contributed by atoms with E-state index in [-0.39, 0.29) is 6.61 Å². The zero-order valence-corrected chi connectivity index (χ0v) is 7.68. The van der Waals surface area contributed by atoms with Crippen LogP contribution in [0.5, 0.6) is 0 Å². The molecule has 1 N–H and O–H groups in total. The first-order chi connectivity index (χ1) is 5.31. The van der Waals surface area contributed by atoms with E-state index in [0.717, 1.165) is 26.1 Å². The zero-order chi connectivity index (χ0) is 8.53. The highest BCUT2D eigenvalue weighted by atomic mass is 16.5. The van der Waals surface area contributed by atoms with Gasteiger partial charge in [0.15, 0.2) is 0 Å². The highest BCUT2D eigenvalue weighted by Crippen LogP contribution is 2.01. The van der Waals surface area contributed by atoms with Gasteiger partial charge in [0, 0.05) is 19.8 Å². The Balaban J connectivity index is 2.89. The molecule has 0 fully saturated rings. The third-order valence-corrected chi connectivity index (χ3v) is 1.80. The summed E-state index contributed by atoms with van der Waals surface area (Å²) in [6.45, 7) is 6.30. The fraction of sp³-hybridized carbons (Fsp3) is 1.00. The summed E-state index contributed by atoms with van der Waals surface area (Å²) in [4.78, 5) is 0. The van der Waals surface area contributed by atoms with E-state index >= 15 is 0 Å². The molecule has 0 spiro atoms. The van der Waals surface area contributed by atoms with Crippen molar-refractivity contribution in [2.24, 2.45) is 5.92 Å². The van der Waals surface area contributed by atoms with Crippen LogP contribution in [0.1, 0.15) is 33.1 Å². The van der Waals surface area contributed by atoms with E-state index in [1.165, 1.54) is 6.42 Å². The van der Waals surface area contributed by atoms with Crippen molar-refractivity contribution in [3.05, 3.63) is 0 Å². The van der Waals surface area contributed by atoms with Crippen LogP contribution >= 0.6 is 0 Å². The second-order valence-electron chi connectivity index (χ2n) is 3.02. The van der Waals surface area contributed by atoms with Crippen LogP contribution in [0.3, 0.4) is 0 Å². The molecule has 2 nitrogen and oxygen atoms in total. The normalized spacial score (nSPS) is 13.4. The van der Waals surface area contributed by atoms with Gasteiger partial charge in [-0.2, -0.15) is 0 Å². The van der Waals surface area contributed by atoms with Gasteiger partial charge in [0.05, 0.1) is 0 Å². The van der Waals surface area contributed by atoms with E-state index in [0.29, 0.717) is 5.92 Å². The fourth-order valence-electron chi connectivity index (χ4n) is 0.718. The molecule has 0 rings (SSSR count). The molecular formula is C9H20O2. The van der Waals surface area contributed by atoms with Gasteiger partial charge in [-0.25, -0.2) is 0 Å². The summed E-state index contributed by atoms with van der Waals surface area (Å²) in [6, 6.07) is 0. The number of rotatable bonds is 7. The molecule has 68 valence electrons. The first kappa shape index (κ1) is 10.9. The van der Waals surface area contributed by atoms with E-state index in [1.54, 1.807) is 0 Å². The molecule has 2 heteroatoms. The molecule has 0 aliphatic heterocycles. The minimum absolute atomic E-state index is 0.284. The number of unbranched alkanes of at least 4 members (excludes halogenated alkanes) is 1. The van der Waals surface area contributed by atoms with E-state index in [4.69, 9.17) is 9.84 Å². The number of hydrogen-bond donors (Lipinski definition) is 1. The van der Waals surface area contributed by atoms with Gasteiger partial charge in [-0.1, -0.05) is 20.3 Å². The molecule has 1 atom stereocenters. The molecule has 0 saturated carbocycles. The topological polar surface area (TPSA) is 29.5 Å². The Morgan fingerprint density at radius 2 is 2.09 bits per heavy atom. The van der Waals surface area contributed by atoms with Crippen molar-refractivity contribution in [3.63, 3.8) is 0 Å². The van der Waals surface area contributed by atoms with E-state index in [9.17, 15) is 0 Å². The highest BCUT2D eigenvalue weighted by Gasteiger charge is 1.97. The Kier molecular flexibility index (Phi) is 7.96. The quantitative estimate of drug-likeness (QED) is 0.576. The second kappa shape index (κ2) is 8.02. The van der Waals surface area contributed by atoms with Crippen LogP contribution in [0.4, 0.5) is 0 Å². The van der Waals surface area contributed by atoms with Gasteiger partial charge in [0.25, 0.3) is 0 Å². The van der Waals surface area contributed by atoms with Gasteiger partial charge in [0.2, 0.25) is 0 Å². The average Bonchev–Trinajstić information content (AvgIpc) is 2.04. The second-order valence-corrected chi connectivity index (χ2v) is 3.02. The molecule has 0 amide bonds. The van der Waals surface area contributed by atoms with Crippen LogP contribution in [0.25, 0.3) is 0 Å². The molecule has 11 heavy (non-hydrogen) atoms. The Hall–Kier alpha value is -0.0800. The lowest BCUT2D eigenvalue weighted by Crippen LogP contribution is -2.05. The first-order valence-electron chi connectivity index (χ1n) is 4.49. The van der Waals surface area contributed by atoms with Crippen LogP contribution in [-0.4, -0.2) is 24.9 Å². The smallest absolute Gasteiger partial charge is 0.0491 e. The molecule has 0 aromatic heterocycles. The molecule has 0 aliphatic rings. The number of ether oxygens (including phenoxy) is 1. The average molecular weight is 160 g/mol. The van der Waals surface area contributed by atoms with E-state index in [1.807, 2.05) is 0 Å². The molecule has 0 aromatic carbocycles. The summed E-state index contributed by atoms with van der Waals surface area (Å²) in [6.07, 6.45) is 3.02. The molecule has 0 bridgehead atoms. The summed E-state index contributed by atoms with van der Waals surface area (Å²) < 4.78 is 5.38. The molecule has 0 aromatic rings. The van der Waals surface area contributed by atoms with Crippen LogP contribution in [0, 0.1) is 5.92 Å². The molecule has 0 heterocycles. The lowest BCUT2D eigenvalue weighted by Gasteiger charge is -2.08. The SMILES string of the molecule is CC[C@H](C)COCCCCO. The lowest BCUT2D eigenvalue weighted by atomic mass is 10.1. The monoisotopic (exact) mass is 160 g/mol.